The number of rotatable bonds is 5. The molecule has 0 radical (unpaired) electrons. The van der Waals surface area contributed by atoms with Gasteiger partial charge in [-0.2, -0.15) is 0 Å². The van der Waals surface area contributed by atoms with Crippen LogP contribution in [-0.4, -0.2) is 13.1 Å². The van der Waals surface area contributed by atoms with Crippen LogP contribution in [-0.2, 0) is 22.6 Å². The van der Waals surface area contributed by atoms with Gasteiger partial charge in [-0.15, -0.1) is 0 Å². The number of fused-ring (bicyclic) bond motifs is 1. The van der Waals surface area contributed by atoms with E-state index in [1.54, 1.807) is 6.07 Å². The molecule has 0 N–H and O–H groups in total. The summed E-state index contributed by atoms with van der Waals surface area (Å²) >= 11 is 0. The zero-order valence-corrected chi connectivity index (χ0v) is 18.7. The molecule has 3 aromatic rings. The van der Waals surface area contributed by atoms with Gasteiger partial charge in [0.05, 0.1) is 19.1 Å². The van der Waals surface area contributed by atoms with Crippen LogP contribution >= 0.6 is 0 Å². The Hall–Kier alpha value is -3.08. The highest BCUT2D eigenvalue weighted by Crippen LogP contribution is 2.29. The fraction of sp³-hybridized carbons (Fsp3) is 0.360. The van der Waals surface area contributed by atoms with Crippen LogP contribution in [0.2, 0.25) is 0 Å². The fourth-order valence-corrected chi connectivity index (χ4v) is 3.83. The third-order valence-corrected chi connectivity index (χ3v) is 6.35. The molecule has 0 bridgehead atoms. The molecule has 0 aliphatic heterocycles. The molecule has 5 nitrogen and oxygen atoms in total. The van der Waals surface area contributed by atoms with Gasteiger partial charge in [-0.1, -0.05) is 0 Å². The Morgan fingerprint density at radius 1 is 0.867 bits per heavy atom. The van der Waals surface area contributed by atoms with Gasteiger partial charge in [0, 0.05) is 11.5 Å². The predicted molar refractivity (Wildman–Crippen MR) is 117 cm³/mol. The summed E-state index contributed by atoms with van der Waals surface area (Å²) in [7, 11) is 1.30. The third kappa shape index (κ3) is 3.84. The molecular formula is C25H28O5. The number of carbonyl (C=O) groups is 1. The summed E-state index contributed by atoms with van der Waals surface area (Å²) in [5.41, 5.74) is 8.51. The molecule has 3 rings (SSSR count). The maximum absolute atomic E-state index is 12.4. The molecule has 158 valence electrons. The number of hydrogen-bond donors (Lipinski definition) is 0. The molecule has 0 atom stereocenters. The fourth-order valence-electron chi connectivity index (χ4n) is 3.83. The average Bonchev–Trinajstić information content (AvgIpc) is 2.73. The first-order chi connectivity index (χ1) is 14.1. The van der Waals surface area contributed by atoms with E-state index in [1.807, 2.05) is 19.1 Å². The SMILES string of the molecule is COC(=O)Cc1c(C)c2ccc(OCc3c(C)c(C)c(C)c(C)c3C)cc2oc1=O. The molecule has 0 saturated carbocycles. The van der Waals surface area contributed by atoms with Gasteiger partial charge in [0.15, 0.2) is 0 Å². The van der Waals surface area contributed by atoms with Crippen LogP contribution in [0.3, 0.4) is 0 Å². The van der Waals surface area contributed by atoms with Crippen LogP contribution in [0.5, 0.6) is 5.75 Å². The van der Waals surface area contributed by atoms with E-state index in [2.05, 4.69) is 39.4 Å². The summed E-state index contributed by atoms with van der Waals surface area (Å²) in [6.07, 6.45) is -0.108. The molecule has 1 heterocycles. The van der Waals surface area contributed by atoms with Crippen LogP contribution in [0.4, 0.5) is 0 Å². The van der Waals surface area contributed by atoms with E-state index < -0.39 is 11.6 Å². The van der Waals surface area contributed by atoms with E-state index >= 15 is 0 Å². The molecule has 0 unspecified atom stereocenters. The second-order valence-electron chi connectivity index (χ2n) is 7.80. The zero-order valence-electron chi connectivity index (χ0n) is 18.7. The van der Waals surface area contributed by atoms with Crippen LogP contribution in [0.1, 0.15) is 44.5 Å². The zero-order chi connectivity index (χ0) is 22.2. The van der Waals surface area contributed by atoms with E-state index in [-0.39, 0.29) is 6.42 Å². The Labute approximate surface area is 176 Å². The molecule has 2 aromatic carbocycles. The topological polar surface area (TPSA) is 65.7 Å². The van der Waals surface area contributed by atoms with Gasteiger partial charge in [0.2, 0.25) is 0 Å². The number of benzene rings is 2. The van der Waals surface area contributed by atoms with E-state index in [4.69, 9.17) is 9.15 Å². The minimum absolute atomic E-state index is 0.108. The van der Waals surface area contributed by atoms with Crippen molar-refractivity contribution >= 4 is 16.9 Å². The Morgan fingerprint density at radius 2 is 1.47 bits per heavy atom. The number of methoxy groups -OCH3 is 1. The van der Waals surface area contributed by atoms with E-state index in [1.165, 1.54) is 40.5 Å². The summed E-state index contributed by atoms with van der Waals surface area (Å²) < 4.78 is 16.2. The highest BCUT2D eigenvalue weighted by Gasteiger charge is 2.16. The van der Waals surface area contributed by atoms with Gasteiger partial charge >= 0.3 is 11.6 Å². The second kappa shape index (κ2) is 8.34. The molecule has 5 heteroatoms. The minimum Gasteiger partial charge on any atom is -0.489 e. The second-order valence-corrected chi connectivity index (χ2v) is 7.80. The van der Waals surface area contributed by atoms with Crippen molar-refractivity contribution in [3.05, 3.63) is 73.1 Å². The van der Waals surface area contributed by atoms with Gasteiger partial charge in [0.25, 0.3) is 0 Å². The Kier molecular flexibility index (Phi) is 6.01. The van der Waals surface area contributed by atoms with E-state index in [9.17, 15) is 9.59 Å². The molecular weight excluding hydrogens is 380 g/mol. The van der Waals surface area contributed by atoms with Crippen molar-refractivity contribution in [3.8, 4) is 5.75 Å². The first-order valence-electron chi connectivity index (χ1n) is 9.97. The molecule has 0 fully saturated rings. The maximum atomic E-state index is 12.4. The van der Waals surface area contributed by atoms with E-state index in [0.29, 0.717) is 23.5 Å². The highest BCUT2D eigenvalue weighted by molar-refractivity contribution is 5.84. The smallest absolute Gasteiger partial charge is 0.340 e. The molecule has 0 saturated heterocycles. The molecule has 0 aliphatic carbocycles. The lowest BCUT2D eigenvalue weighted by Gasteiger charge is -2.19. The number of hydrogen-bond acceptors (Lipinski definition) is 5. The Bertz CT molecular complexity index is 1170. The lowest BCUT2D eigenvalue weighted by molar-refractivity contribution is -0.139. The maximum Gasteiger partial charge on any atom is 0.340 e. The Morgan fingerprint density at radius 3 is 2.07 bits per heavy atom. The van der Waals surface area contributed by atoms with Crippen molar-refractivity contribution in [2.75, 3.05) is 7.11 Å². The van der Waals surface area contributed by atoms with Crippen LogP contribution in [0.15, 0.2) is 27.4 Å². The number of aryl methyl sites for hydroxylation is 1. The van der Waals surface area contributed by atoms with Gasteiger partial charge in [-0.25, -0.2) is 4.79 Å². The normalized spacial score (nSPS) is 11.0. The largest absolute Gasteiger partial charge is 0.489 e. The lowest BCUT2D eigenvalue weighted by Crippen LogP contribution is -2.16. The molecule has 0 amide bonds. The van der Waals surface area contributed by atoms with Gasteiger partial charge in [-0.05, 0) is 92.6 Å². The highest BCUT2D eigenvalue weighted by atomic mass is 16.5. The van der Waals surface area contributed by atoms with Crippen molar-refractivity contribution < 1.29 is 18.7 Å². The summed E-state index contributed by atoms with van der Waals surface area (Å²) in [4.78, 5) is 24.0. The number of ether oxygens (including phenoxy) is 2. The quantitative estimate of drug-likeness (QED) is 0.442. The molecule has 30 heavy (non-hydrogen) atoms. The predicted octanol–water partition coefficient (Wildman–Crippen LogP) is 4.94. The standard InChI is InChI=1S/C25H28O5/c1-13-14(2)16(4)22(17(5)15(13)3)12-29-19-8-9-20-18(6)21(11-24(26)28-7)25(27)30-23(20)10-19/h8-10H,11-12H2,1-7H3. The van der Waals surface area contributed by atoms with Gasteiger partial charge in [0.1, 0.15) is 17.9 Å². The minimum atomic E-state index is -0.529. The number of esters is 1. The summed E-state index contributed by atoms with van der Waals surface area (Å²) in [6, 6.07) is 5.44. The molecule has 0 spiro atoms. The summed E-state index contributed by atoms with van der Waals surface area (Å²) in [5, 5.41) is 0.773. The number of carbonyl (C=O) groups excluding carboxylic acids is 1. The van der Waals surface area contributed by atoms with Crippen molar-refractivity contribution in [1.29, 1.82) is 0 Å². The van der Waals surface area contributed by atoms with Crippen LogP contribution in [0.25, 0.3) is 11.0 Å². The van der Waals surface area contributed by atoms with Gasteiger partial charge in [-0.3, -0.25) is 4.79 Å². The average molecular weight is 408 g/mol. The van der Waals surface area contributed by atoms with E-state index in [0.717, 1.165) is 10.9 Å². The third-order valence-electron chi connectivity index (χ3n) is 6.35. The summed E-state index contributed by atoms with van der Waals surface area (Å²) in [6.45, 7) is 12.9. The van der Waals surface area contributed by atoms with Crippen LogP contribution < -0.4 is 10.4 Å². The van der Waals surface area contributed by atoms with Crippen molar-refractivity contribution in [1.82, 2.24) is 0 Å². The van der Waals surface area contributed by atoms with Crippen molar-refractivity contribution in [3.63, 3.8) is 0 Å². The first-order valence-corrected chi connectivity index (χ1v) is 9.97. The molecule has 0 aliphatic rings. The monoisotopic (exact) mass is 408 g/mol. The first kappa shape index (κ1) is 21.6. The van der Waals surface area contributed by atoms with Crippen LogP contribution in [0, 0.1) is 41.5 Å². The Balaban J connectivity index is 1.94. The molecule has 1 aromatic heterocycles. The summed E-state index contributed by atoms with van der Waals surface area (Å²) in [5.74, 6) is 0.152. The van der Waals surface area contributed by atoms with Crippen molar-refractivity contribution in [2.24, 2.45) is 0 Å². The van der Waals surface area contributed by atoms with Crippen molar-refractivity contribution in [2.45, 2.75) is 54.6 Å². The lowest BCUT2D eigenvalue weighted by atomic mass is 9.90. The van der Waals surface area contributed by atoms with Gasteiger partial charge < -0.3 is 13.9 Å².